The van der Waals surface area contributed by atoms with Crippen LogP contribution in [-0.2, 0) is 25.8 Å². The first-order chi connectivity index (χ1) is 12.2. The molecule has 0 bridgehead atoms. The van der Waals surface area contributed by atoms with E-state index in [2.05, 4.69) is 5.32 Å². The molecule has 0 spiro atoms. The van der Waals surface area contributed by atoms with Crippen LogP contribution in [0.1, 0.15) is 12.5 Å². The van der Waals surface area contributed by atoms with Gasteiger partial charge in [0.15, 0.2) is 9.84 Å². The van der Waals surface area contributed by atoms with E-state index in [1.807, 2.05) is 0 Å². The molecular weight excluding hydrogens is 380 g/mol. The lowest BCUT2D eigenvalue weighted by molar-refractivity contribution is -0.137. The summed E-state index contributed by atoms with van der Waals surface area (Å²) >= 11 is 5.99. The third-order valence-corrected chi connectivity index (χ3v) is 6.53. The molecule has 142 valence electrons. The van der Waals surface area contributed by atoms with Crippen LogP contribution in [-0.4, -0.2) is 62.4 Å². The molecule has 7 nitrogen and oxygen atoms in total. The van der Waals surface area contributed by atoms with Crippen LogP contribution in [0.25, 0.3) is 0 Å². The van der Waals surface area contributed by atoms with Crippen molar-refractivity contribution in [2.75, 3.05) is 31.2 Å². The van der Waals surface area contributed by atoms with Gasteiger partial charge in [0, 0.05) is 18.1 Å². The van der Waals surface area contributed by atoms with Gasteiger partial charge in [0.2, 0.25) is 11.8 Å². The first-order valence-corrected chi connectivity index (χ1v) is 10.7. The lowest BCUT2D eigenvalue weighted by Gasteiger charge is -2.30. The van der Waals surface area contributed by atoms with E-state index in [4.69, 9.17) is 16.3 Å². The number of amides is 2. The Morgan fingerprint density at radius 3 is 2.69 bits per heavy atom. The predicted molar refractivity (Wildman–Crippen MR) is 97.0 cm³/mol. The van der Waals surface area contributed by atoms with Gasteiger partial charge in [-0.15, -0.1) is 0 Å². The van der Waals surface area contributed by atoms with E-state index >= 15 is 0 Å². The number of nitrogens with zero attached hydrogens (tertiary/aromatic N) is 1. The number of halogens is 1. The molecule has 2 aliphatic heterocycles. The zero-order valence-electron chi connectivity index (χ0n) is 14.4. The third-order valence-electron chi connectivity index (χ3n) is 4.68. The molecule has 2 atom stereocenters. The molecule has 1 aromatic rings. The highest BCUT2D eigenvalue weighted by molar-refractivity contribution is 7.91. The summed E-state index contributed by atoms with van der Waals surface area (Å²) in [5, 5.41) is 3.30. The summed E-state index contributed by atoms with van der Waals surface area (Å²) in [6.45, 7) is 2.18. The maximum atomic E-state index is 12.5. The van der Waals surface area contributed by atoms with Gasteiger partial charge in [0.05, 0.1) is 17.4 Å². The summed E-state index contributed by atoms with van der Waals surface area (Å²) in [6, 6.07) is 4.57. The Morgan fingerprint density at radius 2 is 2.00 bits per heavy atom. The second kappa shape index (κ2) is 7.44. The number of hydrogen-bond acceptors (Lipinski definition) is 5. The van der Waals surface area contributed by atoms with Crippen LogP contribution in [0.5, 0.6) is 5.75 Å². The minimum absolute atomic E-state index is 0.0343. The fraction of sp³-hybridized carbons (Fsp3) is 0.529. The number of carbonyl (C=O) groups excluding carboxylic acids is 2. The quantitative estimate of drug-likeness (QED) is 0.804. The van der Waals surface area contributed by atoms with E-state index in [0.29, 0.717) is 11.4 Å². The average molecular weight is 401 g/mol. The highest BCUT2D eigenvalue weighted by Crippen LogP contribution is 2.29. The second-order valence-corrected chi connectivity index (χ2v) is 9.41. The molecule has 2 amide bonds. The van der Waals surface area contributed by atoms with Gasteiger partial charge in [-0.3, -0.25) is 9.59 Å². The maximum absolute atomic E-state index is 12.5. The van der Waals surface area contributed by atoms with Crippen LogP contribution in [0.3, 0.4) is 0 Å². The summed E-state index contributed by atoms with van der Waals surface area (Å²) in [4.78, 5) is 26.4. The van der Waals surface area contributed by atoms with Crippen LogP contribution in [0.2, 0.25) is 5.02 Å². The zero-order valence-corrected chi connectivity index (χ0v) is 16.0. The van der Waals surface area contributed by atoms with E-state index < -0.39 is 21.8 Å². The smallest absolute Gasteiger partial charge is 0.244 e. The Hall–Kier alpha value is -1.80. The summed E-state index contributed by atoms with van der Waals surface area (Å²) in [7, 11) is -3.06. The molecule has 3 rings (SSSR count). The van der Waals surface area contributed by atoms with Crippen LogP contribution in [0, 0.1) is 5.92 Å². The number of ether oxygens (including phenoxy) is 1. The molecule has 26 heavy (non-hydrogen) atoms. The number of nitrogens with one attached hydrogen (secondary N) is 1. The van der Waals surface area contributed by atoms with Crippen molar-refractivity contribution < 1.29 is 22.7 Å². The number of fused-ring (bicyclic) bond motifs is 1. The summed E-state index contributed by atoms with van der Waals surface area (Å²) in [6.07, 6.45) is 0.491. The summed E-state index contributed by atoms with van der Waals surface area (Å²) in [5.41, 5.74) is 0.865. The van der Waals surface area contributed by atoms with Crippen LogP contribution in [0.15, 0.2) is 18.2 Å². The van der Waals surface area contributed by atoms with Crippen molar-refractivity contribution in [3.05, 3.63) is 28.8 Å². The summed E-state index contributed by atoms with van der Waals surface area (Å²) in [5.74, 6) is -0.287. The molecule has 2 heterocycles. The van der Waals surface area contributed by atoms with Crippen molar-refractivity contribution in [2.24, 2.45) is 5.92 Å². The topological polar surface area (TPSA) is 92.8 Å². The van der Waals surface area contributed by atoms with E-state index in [0.717, 1.165) is 11.3 Å². The van der Waals surface area contributed by atoms with Crippen molar-refractivity contribution in [3.8, 4) is 5.75 Å². The van der Waals surface area contributed by atoms with Crippen molar-refractivity contribution in [1.29, 1.82) is 0 Å². The highest BCUT2D eigenvalue weighted by atomic mass is 35.5. The van der Waals surface area contributed by atoms with E-state index in [1.165, 1.54) is 4.90 Å². The minimum atomic E-state index is -3.06. The zero-order chi connectivity index (χ0) is 18.9. The molecule has 1 aromatic carbocycles. The van der Waals surface area contributed by atoms with Gasteiger partial charge in [0.25, 0.3) is 0 Å². The Bertz CT molecular complexity index is 812. The van der Waals surface area contributed by atoms with Gasteiger partial charge < -0.3 is 15.0 Å². The van der Waals surface area contributed by atoms with Gasteiger partial charge in [-0.25, -0.2) is 8.42 Å². The van der Waals surface area contributed by atoms with Gasteiger partial charge in [0.1, 0.15) is 18.4 Å². The molecule has 1 saturated heterocycles. The number of sulfone groups is 1. The molecule has 0 saturated carbocycles. The van der Waals surface area contributed by atoms with Crippen molar-refractivity contribution >= 4 is 33.3 Å². The van der Waals surface area contributed by atoms with E-state index in [9.17, 15) is 18.0 Å². The molecule has 2 unspecified atom stereocenters. The van der Waals surface area contributed by atoms with Crippen LogP contribution < -0.4 is 10.1 Å². The van der Waals surface area contributed by atoms with Crippen molar-refractivity contribution in [3.63, 3.8) is 0 Å². The molecule has 0 aliphatic carbocycles. The third kappa shape index (κ3) is 4.29. The second-order valence-electron chi connectivity index (χ2n) is 6.67. The molecule has 9 heteroatoms. The van der Waals surface area contributed by atoms with E-state index in [1.54, 1.807) is 25.1 Å². The molecule has 1 fully saturated rings. The van der Waals surface area contributed by atoms with Crippen LogP contribution in [0.4, 0.5) is 0 Å². The standard InChI is InChI=1S/C17H21ClN2O5S/c1-11(17(22)20-4-6-26(23,24)7-5-20)19-16(21)13-8-12-9-14(18)2-3-15(12)25-10-13/h2-3,9,11,13H,4-8,10H2,1H3,(H,19,21). The fourth-order valence-corrected chi connectivity index (χ4v) is 4.53. The maximum Gasteiger partial charge on any atom is 0.244 e. The van der Waals surface area contributed by atoms with Crippen molar-refractivity contribution in [1.82, 2.24) is 10.2 Å². The van der Waals surface area contributed by atoms with Gasteiger partial charge in [-0.2, -0.15) is 0 Å². The van der Waals surface area contributed by atoms with Crippen molar-refractivity contribution in [2.45, 2.75) is 19.4 Å². The number of benzene rings is 1. The Balaban J connectivity index is 1.57. The van der Waals surface area contributed by atoms with Gasteiger partial charge in [-0.05, 0) is 37.1 Å². The number of hydrogen-bond donors (Lipinski definition) is 1. The molecule has 0 radical (unpaired) electrons. The minimum Gasteiger partial charge on any atom is -0.492 e. The SMILES string of the molecule is CC(NC(=O)C1COc2ccc(Cl)cc2C1)C(=O)N1CCS(=O)(=O)CC1. The Morgan fingerprint density at radius 1 is 1.31 bits per heavy atom. The van der Waals surface area contributed by atoms with E-state index in [-0.39, 0.29) is 43.0 Å². The first-order valence-electron chi connectivity index (χ1n) is 8.46. The van der Waals surface area contributed by atoms with Crippen LogP contribution >= 0.6 is 11.6 Å². The monoisotopic (exact) mass is 400 g/mol. The fourth-order valence-electron chi connectivity index (χ4n) is 3.13. The van der Waals surface area contributed by atoms with Gasteiger partial charge >= 0.3 is 0 Å². The largest absolute Gasteiger partial charge is 0.492 e. The Labute approximate surface area is 157 Å². The first kappa shape index (κ1) is 19.0. The highest BCUT2D eigenvalue weighted by Gasteiger charge is 2.31. The Kier molecular flexibility index (Phi) is 5.43. The summed E-state index contributed by atoms with van der Waals surface area (Å²) < 4.78 is 28.5. The van der Waals surface area contributed by atoms with Gasteiger partial charge in [-0.1, -0.05) is 11.6 Å². The molecule has 1 N–H and O–H groups in total. The number of rotatable bonds is 3. The molecule has 2 aliphatic rings. The predicted octanol–water partition coefficient (Wildman–Crippen LogP) is 0.653. The average Bonchev–Trinajstić information content (AvgIpc) is 2.60. The number of carbonyl (C=O) groups is 2. The molecular formula is C17H21ClN2O5S. The molecule has 0 aromatic heterocycles. The lowest BCUT2D eigenvalue weighted by Crippen LogP contribution is -2.53. The normalized spacial score (nSPS) is 22.7. The lowest BCUT2D eigenvalue weighted by atomic mass is 9.95.